The maximum absolute atomic E-state index is 12.4. The highest BCUT2D eigenvalue weighted by atomic mass is 16.6. The van der Waals surface area contributed by atoms with Crippen LogP contribution in [-0.4, -0.2) is 59.4 Å². The summed E-state index contributed by atoms with van der Waals surface area (Å²) in [7, 11) is 0. The molecular formula is C20H27N3O4. The summed E-state index contributed by atoms with van der Waals surface area (Å²) < 4.78 is 12.5. The van der Waals surface area contributed by atoms with E-state index in [4.69, 9.17) is 9.47 Å². The molecule has 0 spiro atoms. The second kappa shape index (κ2) is 9.10. The van der Waals surface area contributed by atoms with Crippen LogP contribution in [0.3, 0.4) is 0 Å². The molecule has 0 amide bonds. The molecule has 2 heterocycles. The largest absolute Gasteiger partial charge is 0.463 e. The van der Waals surface area contributed by atoms with Crippen LogP contribution in [0.5, 0.6) is 0 Å². The SMILES string of the molecule is CC(C)CN1CCOC(COC(=O)CCn2cnc3ccccc3c2=O)C1. The van der Waals surface area contributed by atoms with Crippen LogP contribution in [-0.2, 0) is 20.8 Å². The lowest BCUT2D eigenvalue weighted by atomic mass is 10.2. The van der Waals surface area contributed by atoms with Gasteiger partial charge >= 0.3 is 5.97 Å². The van der Waals surface area contributed by atoms with E-state index in [0.717, 1.165) is 19.6 Å². The molecule has 1 aromatic heterocycles. The lowest BCUT2D eigenvalue weighted by Crippen LogP contribution is -2.45. The van der Waals surface area contributed by atoms with Gasteiger partial charge in [-0.3, -0.25) is 19.1 Å². The minimum Gasteiger partial charge on any atom is -0.463 e. The second-order valence-corrected chi connectivity index (χ2v) is 7.34. The monoisotopic (exact) mass is 373 g/mol. The Kier molecular flexibility index (Phi) is 6.58. The molecule has 1 saturated heterocycles. The molecular weight excluding hydrogens is 346 g/mol. The Labute approximate surface area is 158 Å². The van der Waals surface area contributed by atoms with Gasteiger partial charge in [-0.15, -0.1) is 0 Å². The molecule has 7 heteroatoms. The van der Waals surface area contributed by atoms with Crippen molar-refractivity contribution in [1.29, 1.82) is 0 Å². The number of nitrogens with zero attached hydrogens (tertiary/aromatic N) is 3. The first-order valence-corrected chi connectivity index (χ1v) is 9.46. The number of esters is 1. The van der Waals surface area contributed by atoms with Crippen molar-refractivity contribution in [2.45, 2.75) is 32.9 Å². The van der Waals surface area contributed by atoms with Crippen molar-refractivity contribution in [1.82, 2.24) is 14.5 Å². The quantitative estimate of drug-likeness (QED) is 0.688. The van der Waals surface area contributed by atoms with E-state index < -0.39 is 0 Å². The highest BCUT2D eigenvalue weighted by molar-refractivity contribution is 5.77. The molecule has 0 aliphatic carbocycles. The molecule has 2 aromatic rings. The van der Waals surface area contributed by atoms with E-state index in [1.807, 2.05) is 6.07 Å². The van der Waals surface area contributed by atoms with Crippen molar-refractivity contribution < 1.29 is 14.3 Å². The lowest BCUT2D eigenvalue weighted by Gasteiger charge is -2.33. The number of para-hydroxylation sites is 1. The smallest absolute Gasteiger partial charge is 0.307 e. The number of carbonyl (C=O) groups excluding carboxylic acids is 1. The van der Waals surface area contributed by atoms with E-state index in [1.54, 1.807) is 18.2 Å². The first-order valence-electron chi connectivity index (χ1n) is 9.46. The molecule has 7 nitrogen and oxygen atoms in total. The Hall–Kier alpha value is -2.25. The zero-order valence-corrected chi connectivity index (χ0v) is 16.0. The topological polar surface area (TPSA) is 73.7 Å². The van der Waals surface area contributed by atoms with E-state index >= 15 is 0 Å². The van der Waals surface area contributed by atoms with Crippen LogP contribution in [0.15, 0.2) is 35.4 Å². The highest BCUT2D eigenvalue weighted by Crippen LogP contribution is 2.09. The first-order chi connectivity index (χ1) is 13.0. The van der Waals surface area contributed by atoms with Gasteiger partial charge in [0.05, 0.1) is 30.3 Å². The fourth-order valence-electron chi connectivity index (χ4n) is 3.30. The van der Waals surface area contributed by atoms with Gasteiger partial charge in [-0.05, 0) is 18.1 Å². The molecule has 1 unspecified atom stereocenters. The van der Waals surface area contributed by atoms with Crippen LogP contribution < -0.4 is 5.56 Å². The highest BCUT2D eigenvalue weighted by Gasteiger charge is 2.22. The number of morpholine rings is 1. The number of hydrogen-bond acceptors (Lipinski definition) is 6. The molecule has 1 aromatic carbocycles. The van der Waals surface area contributed by atoms with Gasteiger partial charge in [0.2, 0.25) is 0 Å². The predicted octanol–water partition coefficient (Wildman–Crippen LogP) is 1.69. The zero-order valence-electron chi connectivity index (χ0n) is 16.0. The summed E-state index contributed by atoms with van der Waals surface area (Å²) in [5, 5.41) is 0.550. The summed E-state index contributed by atoms with van der Waals surface area (Å²) in [5.74, 6) is 0.264. The van der Waals surface area contributed by atoms with Gasteiger partial charge in [0.15, 0.2) is 0 Å². The molecule has 0 saturated carbocycles. The third-order valence-electron chi connectivity index (χ3n) is 4.56. The Balaban J connectivity index is 1.47. The molecule has 0 radical (unpaired) electrons. The van der Waals surface area contributed by atoms with Gasteiger partial charge in [0, 0.05) is 26.2 Å². The number of hydrogen-bond donors (Lipinski definition) is 0. The summed E-state index contributed by atoms with van der Waals surface area (Å²) in [4.78, 5) is 31.1. The fourth-order valence-corrected chi connectivity index (χ4v) is 3.30. The van der Waals surface area contributed by atoms with E-state index in [9.17, 15) is 9.59 Å². The van der Waals surface area contributed by atoms with Gasteiger partial charge in [-0.2, -0.15) is 0 Å². The number of rotatable bonds is 7. The van der Waals surface area contributed by atoms with Gasteiger partial charge in [-0.25, -0.2) is 4.98 Å². The summed E-state index contributed by atoms with van der Waals surface area (Å²) in [6, 6.07) is 7.17. The maximum atomic E-state index is 12.4. The van der Waals surface area contributed by atoms with Gasteiger partial charge in [-0.1, -0.05) is 26.0 Å². The van der Waals surface area contributed by atoms with Crippen LogP contribution in [0.4, 0.5) is 0 Å². The number of fused-ring (bicyclic) bond motifs is 1. The number of ether oxygens (including phenoxy) is 2. The van der Waals surface area contributed by atoms with Crippen LogP contribution in [0.25, 0.3) is 10.9 Å². The van der Waals surface area contributed by atoms with Crippen LogP contribution in [0, 0.1) is 5.92 Å². The fraction of sp³-hybridized carbons (Fsp3) is 0.550. The van der Waals surface area contributed by atoms with Crippen LogP contribution >= 0.6 is 0 Å². The van der Waals surface area contributed by atoms with Crippen molar-refractivity contribution in [3.8, 4) is 0 Å². The minimum atomic E-state index is -0.334. The molecule has 146 valence electrons. The molecule has 1 atom stereocenters. The lowest BCUT2D eigenvalue weighted by molar-refractivity contribution is -0.150. The van der Waals surface area contributed by atoms with Crippen molar-refractivity contribution in [3.63, 3.8) is 0 Å². The van der Waals surface area contributed by atoms with Crippen molar-refractivity contribution in [2.24, 2.45) is 5.92 Å². The molecule has 3 rings (SSSR count). The minimum absolute atomic E-state index is 0.0912. The molecule has 1 fully saturated rings. The summed E-state index contributed by atoms with van der Waals surface area (Å²) in [6.07, 6.45) is 1.51. The summed E-state index contributed by atoms with van der Waals surface area (Å²) >= 11 is 0. The third kappa shape index (κ3) is 5.37. The standard InChI is InChI=1S/C20H27N3O4/c1-15(2)11-22-9-10-26-16(12-22)13-27-19(24)7-8-23-14-21-18-6-4-3-5-17(18)20(23)25/h3-6,14-16H,7-13H2,1-2H3. The second-order valence-electron chi connectivity index (χ2n) is 7.34. The zero-order chi connectivity index (χ0) is 19.2. The summed E-state index contributed by atoms with van der Waals surface area (Å²) in [6.45, 7) is 8.25. The van der Waals surface area contributed by atoms with Crippen molar-refractivity contribution in [3.05, 3.63) is 40.9 Å². The number of aromatic nitrogens is 2. The molecule has 1 aliphatic heterocycles. The van der Waals surface area contributed by atoms with Gasteiger partial charge < -0.3 is 9.47 Å². The van der Waals surface area contributed by atoms with E-state index in [0.29, 0.717) is 23.4 Å². The molecule has 1 aliphatic rings. The molecule has 0 N–H and O–H groups in total. The van der Waals surface area contributed by atoms with Crippen LogP contribution in [0.2, 0.25) is 0 Å². The average Bonchev–Trinajstić information content (AvgIpc) is 2.66. The average molecular weight is 373 g/mol. The number of carbonyl (C=O) groups is 1. The van der Waals surface area contributed by atoms with Crippen molar-refractivity contribution >= 4 is 16.9 Å². The number of benzene rings is 1. The van der Waals surface area contributed by atoms with Gasteiger partial charge in [0.25, 0.3) is 5.56 Å². The third-order valence-corrected chi connectivity index (χ3v) is 4.56. The molecule has 0 bridgehead atoms. The van der Waals surface area contributed by atoms with Gasteiger partial charge in [0.1, 0.15) is 12.7 Å². The predicted molar refractivity (Wildman–Crippen MR) is 103 cm³/mol. The maximum Gasteiger partial charge on any atom is 0.307 e. The van der Waals surface area contributed by atoms with Crippen molar-refractivity contribution in [2.75, 3.05) is 32.8 Å². The van der Waals surface area contributed by atoms with Crippen LogP contribution in [0.1, 0.15) is 20.3 Å². The summed E-state index contributed by atoms with van der Waals surface area (Å²) in [5.41, 5.74) is 0.509. The number of aryl methyl sites for hydroxylation is 1. The first kappa shape index (κ1) is 19.5. The molecule has 27 heavy (non-hydrogen) atoms. The Morgan fingerprint density at radius 3 is 3.00 bits per heavy atom. The van der Waals surface area contributed by atoms with E-state index in [2.05, 4.69) is 23.7 Å². The Morgan fingerprint density at radius 1 is 1.37 bits per heavy atom. The Bertz CT molecular complexity index is 833. The normalized spacial score (nSPS) is 18.1. The Morgan fingerprint density at radius 2 is 2.19 bits per heavy atom. The van der Waals surface area contributed by atoms with E-state index in [1.165, 1.54) is 10.9 Å². The van der Waals surface area contributed by atoms with E-state index in [-0.39, 0.29) is 37.2 Å².